The Labute approximate surface area is 253 Å². The van der Waals surface area contributed by atoms with Crippen molar-refractivity contribution in [2.45, 2.75) is 26.1 Å². The molecule has 1 unspecified atom stereocenters. The van der Waals surface area contributed by atoms with E-state index in [1.807, 2.05) is 66.5 Å². The lowest BCUT2D eigenvalue weighted by atomic mass is 10.1. The Hall–Kier alpha value is -5.09. The molecular formula is C32H29ClN6O4. The highest BCUT2D eigenvalue weighted by Crippen LogP contribution is 2.38. The highest BCUT2D eigenvalue weighted by atomic mass is 35.5. The fourth-order valence-corrected chi connectivity index (χ4v) is 5.04. The van der Waals surface area contributed by atoms with E-state index in [0.29, 0.717) is 46.6 Å². The van der Waals surface area contributed by atoms with Gasteiger partial charge >= 0.3 is 6.09 Å². The lowest BCUT2D eigenvalue weighted by Crippen LogP contribution is -2.62. The van der Waals surface area contributed by atoms with Crippen LogP contribution in [-0.2, 0) is 6.61 Å². The van der Waals surface area contributed by atoms with Gasteiger partial charge in [0.25, 0.3) is 0 Å². The summed E-state index contributed by atoms with van der Waals surface area (Å²) in [4.78, 5) is 27.8. The van der Waals surface area contributed by atoms with Gasteiger partial charge in [-0.1, -0.05) is 29.8 Å². The van der Waals surface area contributed by atoms with Crippen molar-refractivity contribution in [2.24, 2.45) is 0 Å². The number of aryl methyl sites for hydroxylation is 1. The Morgan fingerprint density at radius 1 is 1.07 bits per heavy atom. The van der Waals surface area contributed by atoms with Gasteiger partial charge in [0.1, 0.15) is 42.0 Å². The number of hydrogen-bond acceptors (Lipinski definition) is 9. The molecule has 0 bridgehead atoms. The summed E-state index contributed by atoms with van der Waals surface area (Å²) in [5.74, 6) is 1.58. The molecule has 11 heteroatoms. The standard InChI is InChI=1S/C32H29ClN6O4/c1-21-6-5-8-25(14-21)43-32(40)38-13-11-31(38)39(28-15-22-18-34-20-36-27(22)17-30(28)41-2)37-23-9-10-29(26(33)16-23)42-19-24-7-3-4-12-35-24/h3-10,12,14-18,20,31,37H,11,13,19H2,1-2H3. The fraction of sp³-hybridized carbons (Fsp3) is 0.188. The first-order chi connectivity index (χ1) is 21.0. The normalized spacial score (nSPS) is 14.1. The van der Waals surface area contributed by atoms with E-state index in [2.05, 4.69) is 20.4 Å². The van der Waals surface area contributed by atoms with E-state index in [-0.39, 0.29) is 6.61 Å². The predicted octanol–water partition coefficient (Wildman–Crippen LogP) is 6.64. The van der Waals surface area contributed by atoms with Crippen molar-refractivity contribution < 1.29 is 19.0 Å². The zero-order valence-electron chi connectivity index (χ0n) is 23.6. The molecule has 1 N–H and O–H groups in total. The van der Waals surface area contributed by atoms with Gasteiger partial charge < -0.3 is 14.2 Å². The van der Waals surface area contributed by atoms with Gasteiger partial charge in [0, 0.05) is 36.8 Å². The minimum atomic E-state index is -0.451. The van der Waals surface area contributed by atoms with Crippen molar-refractivity contribution in [3.63, 3.8) is 0 Å². The number of likely N-dealkylation sites (tertiary alicyclic amines) is 1. The summed E-state index contributed by atoms with van der Waals surface area (Å²) in [5.41, 5.74) is 7.35. The van der Waals surface area contributed by atoms with Crippen LogP contribution in [-0.4, -0.2) is 45.8 Å². The highest BCUT2D eigenvalue weighted by molar-refractivity contribution is 6.32. The quantitative estimate of drug-likeness (QED) is 0.188. The number of nitrogens with zero attached hydrogens (tertiary/aromatic N) is 5. The van der Waals surface area contributed by atoms with Crippen molar-refractivity contribution in [3.8, 4) is 17.2 Å². The molecule has 1 aliphatic heterocycles. The van der Waals surface area contributed by atoms with Crippen molar-refractivity contribution in [3.05, 3.63) is 108 Å². The zero-order valence-corrected chi connectivity index (χ0v) is 24.4. The van der Waals surface area contributed by atoms with Gasteiger partial charge in [-0.3, -0.25) is 20.3 Å². The lowest BCUT2D eigenvalue weighted by Gasteiger charge is -2.47. The Balaban J connectivity index is 1.29. The summed E-state index contributed by atoms with van der Waals surface area (Å²) in [7, 11) is 1.60. The molecular weight excluding hydrogens is 568 g/mol. The van der Waals surface area contributed by atoms with Crippen LogP contribution in [0.1, 0.15) is 17.7 Å². The summed E-state index contributed by atoms with van der Waals surface area (Å²) in [5, 5.41) is 3.12. The smallest absolute Gasteiger partial charge is 0.416 e. The van der Waals surface area contributed by atoms with Crippen molar-refractivity contribution >= 4 is 40.0 Å². The second-order valence-corrected chi connectivity index (χ2v) is 10.4. The van der Waals surface area contributed by atoms with E-state index in [1.165, 1.54) is 6.33 Å². The number of carbonyl (C=O) groups excluding carboxylic acids is 1. The number of methoxy groups -OCH3 is 1. The molecule has 0 spiro atoms. The number of aromatic nitrogens is 3. The van der Waals surface area contributed by atoms with Gasteiger partial charge in [0.05, 0.1) is 29.0 Å². The first-order valence-electron chi connectivity index (χ1n) is 13.7. The zero-order chi connectivity index (χ0) is 29.8. The van der Waals surface area contributed by atoms with Crippen molar-refractivity contribution in [1.29, 1.82) is 0 Å². The molecule has 6 rings (SSSR count). The monoisotopic (exact) mass is 596 g/mol. The summed E-state index contributed by atoms with van der Waals surface area (Å²) < 4.78 is 17.4. The summed E-state index contributed by atoms with van der Waals surface area (Å²) >= 11 is 6.64. The number of anilines is 2. The van der Waals surface area contributed by atoms with Gasteiger partial charge in [-0.05, 0) is 61.0 Å². The number of pyridine rings is 1. The third kappa shape index (κ3) is 6.24. The topological polar surface area (TPSA) is 102 Å². The summed E-state index contributed by atoms with van der Waals surface area (Å²) in [6.45, 7) is 2.76. The van der Waals surface area contributed by atoms with Crippen LogP contribution in [0.2, 0.25) is 5.02 Å². The number of hydrazine groups is 1. The number of amides is 1. The number of benzene rings is 3. The van der Waals surface area contributed by atoms with Crippen molar-refractivity contribution in [1.82, 2.24) is 19.9 Å². The first kappa shape index (κ1) is 28.0. The van der Waals surface area contributed by atoms with Crippen LogP contribution in [0.15, 0.2) is 91.5 Å². The molecule has 3 heterocycles. The minimum Gasteiger partial charge on any atom is -0.494 e. The number of carbonyl (C=O) groups is 1. The number of hydrogen-bond donors (Lipinski definition) is 1. The third-order valence-corrected chi connectivity index (χ3v) is 7.36. The van der Waals surface area contributed by atoms with Crippen molar-refractivity contribution in [2.75, 3.05) is 24.1 Å². The Bertz CT molecular complexity index is 1760. The second-order valence-electron chi connectivity index (χ2n) is 9.99. The molecule has 1 amide bonds. The van der Waals surface area contributed by atoms with E-state index in [4.69, 9.17) is 25.8 Å². The van der Waals surface area contributed by atoms with Gasteiger partial charge in [-0.25, -0.2) is 14.8 Å². The highest BCUT2D eigenvalue weighted by Gasteiger charge is 2.40. The van der Waals surface area contributed by atoms with Crippen LogP contribution in [0.4, 0.5) is 16.2 Å². The predicted molar refractivity (Wildman–Crippen MR) is 165 cm³/mol. The number of nitrogens with one attached hydrogen (secondary N) is 1. The molecule has 1 saturated heterocycles. The Kier molecular flexibility index (Phi) is 8.10. The molecule has 0 radical (unpaired) electrons. The molecule has 5 aromatic rings. The molecule has 2 aromatic heterocycles. The number of fused-ring (bicyclic) bond motifs is 1. The fourth-order valence-electron chi connectivity index (χ4n) is 4.80. The van der Waals surface area contributed by atoms with E-state index >= 15 is 0 Å². The molecule has 10 nitrogen and oxygen atoms in total. The molecule has 43 heavy (non-hydrogen) atoms. The van der Waals surface area contributed by atoms with Crippen LogP contribution >= 0.6 is 11.6 Å². The van der Waals surface area contributed by atoms with E-state index < -0.39 is 12.3 Å². The maximum Gasteiger partial charge on any atom is 0.416 e. The molecule has 1 aliphatic rings. The SMILES string of the molecule is COc1cc2ncncc2cc1N(Nc1ccc(OCc2ccccn2)c(Cl)c1)C1CCN1C(=O)Oc1cccc(C)c1. The van der Waals surface area contributed by atoms with E-state index in [9.17, 15) is 4.79 Å². The van der Waals surface area contributed by atoms with Gasteiger partial charge in [0.2, 0.25) is 0 Å². The lowest BCUT2D eigenvalue weighted by molar-refractivity contribution is 0.0812. The molecule has 3 aromatic carbocycles. The first-order valence-corrected chi connectivity index (χ1v) is 14.1. The van der Waals surface area contributed by atoms with Crippen LogP contribution < -0.4 is 24.6 Å². The average molecular weight is 597 g/mol. The molecule has 218 valence electrons. The maximum atomic E-state index is 13.3. The van der Waals surface area contributed by atoms with Crippen LogP contribution in [0.5, 0.6) is 17.2 Å². The number of rotatable bonds is 9. The molecule has 1 atom stereocenters. The largest absolute Gasteiger partial charge is 0.494 e. The van der Waals surface area contributed by atoms with Crippen LogP contribution in [0, 0.1) is 6.92 Å². The van der Waals surface area contributed by atoms with Gasteiger partial charge in [-0.15, -0.1) is 0 Å². The van der Waals surface area contributed by atoms with E-state index in [1.54, 1.807) is 42.6 Å². The second kappa shape index (κ2) is 12.4. The minimum absolute atomic E-state index is 0.288. The third-order valence-electron chi connectivity index (χ3n) is 7.06. The Morgan fingerprint density at radius 2 is 1.98 bits per heavy atom. The average Bonchev–Trinajstić information content (AvgIpc) is 2.99. The van der Waals surface area contributed by atoms with Gasteiger partial charge in [-0.2, -0.15) is 0 Å². The number of halogens is 1. The maximum absolute atomic E-state index is 13.3. The van der Waals surface area contributed by atoms with Gasteiger partial charge in [0.15, 0.2) is 0 Å². The molecule has 0 aliphatic carbocycles. The summed E-state index contributed by atoms with van der Waals surface area (Å²) in [6, 6.07) is 22.2. The number of ether oxygens (including phenoxy) is 3. The summed E-state index contributed by atoms with van der Waals surface area (Å²) in [6.07, 6.45) is 4.78. The molecule has 1 fully saturated rings. The molecule has 0 saturated carbocycles. The van der Waals surface area contributed by atoms with Crippen LogP contribution in [0.25, 0.3) is 10.9 Å². The van der Waals surface area contributed by atoms with E-state index in [0.717, 1.165) is 22.2 Å². The van der Waals surface area contributed by atoms with Crippen LogP contribution in [0.3, 0.4) is 0 Å². The Morgan fingerprint density at radius 3 is 2.72 bits per heavy atom.